The number of methoxy groups -OCH3 is 1. The second-order valence-corrected chi connectivity index (χ2v) is 3.51. The molecule has 0 spiro atoms. The summed E-state index contributed by atoms with van der Waals surface area (Å²) in [5.41, 5.74) is 5.42. The van der Waals surface area contributed by atoms with Gasteiger partial charge in [0.25, 0.3) is 0 Å². The van der Waals surface area contributed by atoms with E-state index in [2.05, 4.69) is 0 Å². The van der Waals surface area contributed by atoms with Crippen LogP contribution in [-0.4, -0.2) is 7.11 Å². The van der Waals surface area contributed by atoms with Gasteiger partial charge >= 0.3 is 6.18 Å². The molecular formula is C11H14F3NO. The maximum atomic E-state index is 12.6. The van der Waals surface area contributed by atoms with Crippen molar-refractivity contribution in [1.82, 2.24) is 0 Å². The summed E-state index contributed by atoms with van der Waals surface area (Å²) in [4.78, 5) is 0. The quantitative estimate of drug-likeness (QED) is 0.870. The summed E-state index contributed by atoms with van der Waals surface area (Å²) in [5.74, 6) is 0.175. The molecule has 0 bridgehead atoms. The summed E-state index contributed by atoms with van der Waals surface area (Å²) in [6, 6.07) is 3.16. The van der Waals surface area contributed by atoms with E-state index < -0.39 is 17.8 Å². The minimum Gasteiger partial charge on any atom is -0.497 e. The number of nitrogens with two attached hydrogens (primary N) is 1. The predicted molar refractivity (Wildman–Crippen MR) is 55.2 cm³/mol. The number of benzene rings is 1. The molecule has 0 unspecified atom stereocenters. The van der Waals surface area contributed by atoms with Crippen molar-refractivity contribution in [3.63, 3.8) is 0 Å². The maximum absolute atomic E-state index is 12.6. The molecule has 0 aliphatic rings. The Morgan fingerprint density at radius 1 is 1.31 bits per heavy atom. The molecule has 0 saturated heterocycles. The third-order valence-electron chi connectivity index (χ3n) is 2.36. The van der Waals surface area contributed by atoms with Crippen LogP contribution in [0.15, 0.2) is 18.2 Å². The van der Waals surface area contributed by atoms with Gasteiger partial charge in [-0.2, -0.15) is 13.2 Å². The average Bonchev–Trinajstić information content (AvgIpc) is 2.26. The second kappa shape index (κ2) is 4.74. The highest BCUT2D eigenvalue weighted by molar-refractivity contribution is 5.37. The van der Waals surface area contributed by atoms with E-state index in [0.29, 0.717) is 12.0 Å². The fraction of sp³-hybridized carbons (Fsp3) is 0.455. The van der Waals surface area contributed by atoms with Gasteiger partial charge in [0.15, 0.2) is 0 Å². The summed E-state index contributed by atoms with van der Waals surface area (Å²) in [6.07, 6.45) is -3.80. The topological polar surface area (TPSA) is 35.2 Å². The van der Waals surface area contributed by atoms with Gasteiger partial charge in [0.05, 0.1) is 12.7 Å². The van der Waals surface area contributed by atoms with E-state index in [-0.39, 0.29) is 5.75 Å². The Hall–Kier alpha value is -1.23. The van der Waals surface area contributed by atoms with Gasteiger partial charge in [-0.25, -0.2) is 0 Å². The molecule has 0 aliphatic heterocycles. The van der Waals surface area contributed by atoms with E-state index >= 15 is 0 Å². The molecule has 1 aromatic carbocycles. The predicted octanol–water partition coefficient (Wildman–Crippen LogP) is 3.12. The number of hydrogen-bond donors (Lipinski definition) is 1. The zero-order chi connectivity index (χ0) is 12.3. The Morgan fingerprint density at radius 2 is 1.94 bits per heavy atom. The van der Waals surface area contributed by atoms with Crippen LogP contribution >= 0.6 is 0 Å². The van der Waals surface area contributed by atoms with Crippen molar-refractivity contribution in [3.8, 4) is 5.75 Å². The van der Waals surface area contributed by atoms with E-state index in [1.165, 1.54) is 13.2 Å². The van der Waals surface area contributed by atoms with Crippen LogP contribution in [0.1, 0.15) is 30.5 Å². The standard InChI is InChI=1S/C11H14F3NO/c1-3-10(15)7-4-8(11(12,13)14)6-9(5-7)16-2/h4-6,10H,3,15H2,1-2H3/t10-/m1/s1. The monoisotopic (exact) mass is 233 g/mol. The van der Waals surface area contributed by atoms with E-state index in [1.54, 1.807) is 0 Å². The number of rotatable bonds is 3. The molecule has 0 amide bonds. The van der Waals surface area contributed by atoms with Crippen molar-refractivity contribution in [3.05, 3.63) is 29.3 Å². The SMILES string of the molecule is CC[C@@H](N)c1cc(OC)cc(C(F)(F)F)c1. The molecule has 0 aliphatic carbocycles. The summed E-state index contributed by atoms with van der Waals surface area (Å²) >= 11 is 0. The number of hydrogen-bond acceptors (Lipinski definition) is 2. The van der Waals surface area contributed by atoms with Crippen LogP contribution in [0, 0.1) is 0 Å². The third-order valence-corrected chi connectivity index (χ3v) is 2.36. The molecule has 0 radical (unpaired) electrons. The molecule has 2 nitrogen and oxygen atoms in total. The summed E-state index contributed by atoms with van der Waals surface area (Å²) in [6.45, 7) is 1.82. The molecule has 1 atom stereocenters. The van der Waals surface area contributed by atoms with Gasteiger partial charge in [0, 0.05) is 6.04 Å². The lowest BCUT2D eigenvalue weighted by Gasteiger charge is -2.15. The van der Waals surface area contributed by atoms with Crippen molar-refractivity contribution in [1.29, 1.82) is 0 Å². The van der Waals surface area contributed by atoms with Gasteiger partial charge in [-0.05, 0) is 30.2 Å². The first kappa shape index (κ1) is 12.8. The van der Waals surface area contributed by atoms with E-state index in [0.717, 1.165) is 12.1 Å². The van der Waals surface area contributed by atoms with Gasteiger partial charge in [0.2, 0.25) is 0 Å². The van der Waals surface area contributed by atoms with Crippen LogP contribution < -0.4 is 10.5 Å². The first-order valence-electron chi connectivity index (χ1n) is 4.90. The van der Waals surface area contributed by atoms with Crippen molar-refractivity contribution in [2.75, 3.05) is 7.11 Å². The van der Waals surface area contributed by atoms with Gasteiger partial charge in [-0.15, -0.1) is 0 Å². The van der Waals surface area contributed by atoms with Gasteiger partial charge < -0.3 is 10.5 Å². The van der Waals surface area contributed by atoms with Crippen molar-refractivity contribution < 1.29 is 17.9 Å². The molecule has 1 rings (SSSR count). The lowest BCUT2D eigenvalue weighted by Crippen LogP contribution is -2.12. The molecule has 16 heavy (non-hydrogen) atoms. The Labute approximate surface area is 92.2 Å². The minimum absolute atomic E-state index is 0.175. The summed E-state index contributed by atoms with van der Waals surface area (Å²) in [5, 5.41) is 0. The normalized spacial score (nSPS) is 13.6. The Morgan fingerprint density at radius 3 is 2.38 bits per heavy atom. The van der Waals surface area contributed by atoms with Crippen molar-refractivity contribution in [2.45, 2.75) is 25.6 Å². The van der Waals surface area contributed by atoms with E-state index in [4.69, 9.17) is 10.5 Å². The summed E-state index contributed by atoms with van der Waals surface area (Å²) in [7, 11) is 1.33. The van der Waals surface area contributed by atoms with E-state index in [1.807, 2.05) is 6.92 Å². The van der Waals surface area contributed by atoms with Crippen LogP contribution in [0.25, 0.3) is 0 Å². The molecular weight excluding hydrogens is 219 g/mol. The van der Waals surface area contributed by atoms with Gasteiger partial charge in [-0.3, -0.25) is 0 Å². The van der Waals surface area contributed by atoms with Crippen LogP contribution in [0.4, 0.5) is 13.2 Å². The number of alkyl halides is 3. The number of halogens is 3. The first-order valence-corrected chi connectivity index (χ1v) is 4.90. The zero-order valence-corrected chi connectivity index (χ0v) is 9.14. The molecule has 1 aromatic rings. The van der Waals surface area contributed by atoms with Crippen LogP contribution in [0.2, 0.25) is 0 Å². The van der Waals surface area contributed by atoms with Crippen molar-refractivity contribution in [2.24, 2.45) is 5.73 Å². The number of ether oxygens (including phenoxy) is 1. The Balaban J connectivity index is 3.21. The minimum atomic E-state index is -4.38. The molecule has 0 fully saturated rings. The maximum Gasteiger partial charge on any atom is 0.416 e. The highest BCUT2D eigenvalue weighted by atomic mass is 19.4. The Kier molecular flexibility index (Phi) is 3.80. The fourth-order valence-electron chi connectivity index (χ4n) is 1.35. The third kappa shape index (κ3) is 2.88. The zero-order valence-electron chi connectivity index (χ0n) is 9.14. The highest BCUT2D eigenvalue weighted by Crippen LogP contribution is 2.34. The van der Waals surface area contributed by atoms with Crippen LogP contribution in [0.5, 0.6) is 5.75 Å². The average molecular weight is 233 g/mol. The smallest absolute Gasteiger partial charge is 0.416 e. The molecule has 0 heterocycles. The lowest BCUT2D eigenvalue weighted by atomic mass is 10.0. The van der Waals surface area contributed by atoms with Gasteiger partial charge in [-0.1, -0.05) is 6.92 Å². The lowest BCUT2D eigenvalue weighted by molar-refractivity contribution is -0.137. The van der Waals surface area contributed by atoms with Crippen LogP contribution in [-0.2, 0) is 6.18 Å². The molecule has 5 heteroatoms. The van der Waals surface area contributed by atoms with E-state index in [9.17, 15) is 13.2 Å². The largest absolute Gasteiger partial charge is 0.497 e. The highest BCUT2D eigenvalue weighted by Gasteiger charge is 2.31. The molecule has 2 N–H and O–H groups in total. The Bertz CT molecular complexity index is 363. The molecule has 0 aromatic heterocycles. The van der Waals surface area contributed by atoms with Gasteiger partial charge in [0.1, 0.15) is 5.75 Å². The molecule has 0 saturated carbocycles. The first-order chi connectivity index (χ1) is 7.38. The van der Waals surface area contributed by atoms with Crippen molar-refractivity contribution >= 4 is 0 Å². The van der Waals surface area contributed by atoms with Crippen LogP contribution in [0.3, 0.4) is 0 Å². The fourth-order valence-corrected chi connectivity index (χ4v) is 1.35. The molecule has 90 valence electrons. The summed E-state index contributed by atoms with van der Waals surface area (Å²) < 4.78 is 42.5. The second-order valence-electron chi connectivity index (χ2n) is 3.51.